The Bertz CT molecular complexity index is 607. The lowest BCUT2D eigenvalue weighted by atomic mass is 10.3. The highest BCUT2D eigenvalue weighted by molar-refractivity contribution is 5.41. The van der Waals surface area contributed by atoms with Crippen LogP contribution in [0.3, 0.4) is 0 Å². The first-order chi connectivity index (χ1) is 9.70. The molecule has 2 aromatic rings. The third-order valence-corrected chi connectivity index (χ3v) is 2.80. The molecule has 0 aliphatic rings. The molecule has 1 heterocycles. The summed E-state index contributed by atoms with van der Waals surface area (Å²) in [7, 11) is 0. The smallest absolute Gasteiger partial charge is 0.293 e. The van der Waals surface area contributed by atoms with E-state index >= 15 is 0 Å². The van der Waals surface area contributed by atoms with Crippen molar-refractivity contribution in [2.75, 3.05) is 24.2 Å². The molecule has 6 nitrogen and oxygen atoms in total. The first-order valence-corrected chi connectivity index (χ1v) is 6.48. The second kappa shape index (κ2) is 6.60. The third kappa shape index (κ3) is 3.50. The van der Waals surface area contributed by atoms with E-state index < -0.39 is 0 Å². The lowest BCUT2D eigenvalue weighted by Gasteiger charge is -2.09. The molecular formula is C14H18N4O2. The molecule has 0 aliphatic heterocycles. The molecule has 0 saturated carbocycles. The van der Waals surface area contributed by atoms with Crippen molar-refractivity contribution in [1.82, 2.24) is 9.55 Å². The summed E-state index contributed by atoms with van der Waals surface area (Å²) in [5, 5.41) is 2.98. The fourth-order valence-corrected chi connectivity index (χ4v) is 1.72. The fourth-order valence-electron chi connectivity index (χ4n) is 1.72. The molecule has 106 valence electrons. The van der Waals surface area contributed by atoms with Gasteiger partial charge in [0, 0.05) is 24.6 Å². The van der Waals surface area contributed by atoms with Crippen molar-refractivity contribution in [3.63, 3.8) is 0 Å². The predicted molar refractivity (Wildman–Crippen MR) is 79.0 cm³/mol. The van der Waals surface area contributed by atoms with Crippen molar-refractivity contribution < 1.29 is 4.74 Å². The van der Waals surface area contributed by atoms with Crippen molar-refractivity contribution in [1.29, 1.82) is 0 Å². The van der Waals surface area contributed by atoms with Gasteiger partial charge >= 0.3 is 0 Å². The number of anilines is 2. The summed E-state index contributed by atoms with van der Waals surface area (Å²) in [6, 6.07) is 7.17. The van der Waals surface area contributed by atoms with Crippen molar-refractivity contribution in [3.05, 3.63) is 47.0 Å². The van der Waals surface area contributed by atoms with Crippen LogP contribution >= 0.6 is 0 Å². The van der Waals surface area contributed by atoms with E-state index in [2.05, 4.69) is 10.3 Å². The van der Waals surface area contributed by atoms with Gasteiger partial charge in [-0.3, -0.25) is 4.79 Å². The molecule has 3 N–H and O–H groups in total. The van der Waals surface area contributed by atoms with Crippen LogP contribution in [0.25, 0.3) is 0 Å². The highest BCUT2D eigenvalue weighted by Gasteiger charge is 2.02. The molecule has 0 fully saturated rings. The van der Waals surface area contributed by atoms with E-state index in [4.69, 9.17) is 10.5 Å². The Morgan fingerprint density at radius 1 is 1.35 bits per heavy atom. The molecule has 0 bridgehead atoms. The monoisotopic (exact) mass is 274 g/mol. The summed E-state index contributed by atoms with van der Waals surface area (Å²) in [6.45, 7) is 3.47. The topological polar surface area (TPSA) is 82.2 Å². The van der Waals surface area contributed by atoms with Gasteiger partial charge in [0.2, 0.25) is 0 Å². The molecule has 1 aromatic heterocycles. The van der Waals surface area contributed by atoms with Gasteiger partial charge in [0.1, 0.15) is 12.4 Å². The lowest BCUT2D eigenvalue weighted by molar-refractivity contribution is 0.332. The Morgan fingerprint density at radius 2 is 2.10 bits per heavy atom. The zero-order valence-electron chi connectivity index (χ0n) is 11.4. The molecule has 6 heteroatoms. The first kappa shape index (κ1) is 13.9. The van der Waals surface area contributed by atoms with Crippen LogP contribution in [0.15, 0.2) is 41.5 Å². The number of aryl methyl sites for hydroxylation is 1. The molecular weight excluding hydrogens is 256 g/mol. The minimum atomic E-state index is -0.123. The summed E-state index contributed by atoms with van der Waals surface area (Å²) >= 11 is 0. The van der Waals surface area contributed by atoms with Crippen LogP contribution in [0, 0.1) is 0 Å². The molecule has 2 rings (SSSR count). The second-order valence-electron chi connectivity index (χ2n) is 4.21. The fraction of sp³-hybridized carbons (Fsp3) is 0.286. The predicted octanol–water partition coefficient (Wildman–Crippen LogP) is 1.34. The average Bonchev–Trinajstić information content (AvgIpc) is 2.47. The highest BCUT2D eigenvalue weighted by atomic mass is 16.5. The van der Waals surface area contributed by atoms with Gasteiger partial charge in [-0.05, 0) is 31.2 Å². The summed E-state index contributed by atoms with van der Waals surface area (Å²) in [6.07, 6.45) is 3.27. The molecule has 0 saturated heterocycles. The maximum atomic E-state index is 11.9. The van der Waals surface area contributed by atoms with Crippen molar-refractivity contribution >= 4 is 11.5 Å². The number of aromatic nitrogens is 2. The molecule has 1 aromatic carbocycles. The van der Waals surface area contributed by atoms with E-state index in [1.807, 2.05) is 6.92 Å². The van der Waals surface area contributed by atoms with E-state index in [1.54, 1.807) is 41.2 Å². The lowest BCUT2D eigenvalue weighted by Crippen LogP contribution is -2.25. The van der Waals surface area contributed by atoms with E-state index in [9.17, 15) is 4.79 Å². The zero-order chi connectivity index (χ0) is 14.4. The van der Waals surface area contributed by atoms with Gasteiger partial charge in [0.15, 0.2) is 5.82 Å². The third-order valence-electron chi connectivity index (χ3n) is 2.80. The van der Waals surface area contributed by atoms with E-state index in [1.165, 1.54) is 0 Å². The average molecular weight is 274 g/mol. The number of nitrogens with one attached hydrogen (secondary N) is 1. The number of ether oxygens (including phenoxy) is 1. The van der Waals surface area contributed by atoms with Crippen LogP contribution in [0.1, 0.15) is 6.92 Å². The van der Waals surface area contributed by atoms with Gasteiger partial charge in [-0.25, -0.2) is 4.98 Å². The Morgan fingerprint density at radius 3 is 2.80 bits per heavy atom. The number of benzene rings is 1. The van der Waals surface area contributed by atoms with Gasteiger partial charge in [0.25, 0.3) is 5.56 Å². The number of nitrogen functional groups attached to an aromatic ring is 1. The number of hydrogen-bond acceptors (Lipinski definition) is 5. The Hall–Kier alpha value is -2.50. The summed E-state index contributed by atoms with van der Waals surface area (Å²) in [5.74, 6) is 1.09. The SMILES string of the molecule is CCn1ccnc(NCCOc2ccc(N)cc2)c1=O. The van der Waals surface area contributed by atoms with Crippen LogP contribution in [0.5, 0.6) is 5.75 Å². The Balaban J connectivity index is 1.84. The van der Waals surface area contributed by atoms with Gasteiger partial charge in [-0.1, -0.05) is 0 Å². The standard InChI is InChI=1S/C14H18N4O2/c1-2-18-9-7-16-13(14(18)19)17-8-10-20-12-5-3-11(15)4-6-12/h3-7,9H,2,8,10,15H2,1H3,(H,16,17). The van der Waals surface area contributed by atoms with Crippen molar-refractivity contribution in [2.24, 2.45) is 0 Å². The van der Waals surface area contributed by atoms with E-state index in [0.29, 0.717) is 31.2 Å². The normalized spacial score (nSPS) is 10.2. The van der Waals surface area contributed by atoms with Crippen molar-refractivity contribution in [3.8, 4) is 5.75 Å². The first-order valence-electron chi connectivity index (χ1n) is 6.48. The molecule has 0 radical (unpaired) electrons. The zero-order valence-corrected chi connectivity index (χ0v) is 11.4. The van der Waals surface area contributed by atoms with Gasteiger partial charge in [-0.15, -0.1) is 0 Å². The van der Waals surface area contributed by atoms with Crippen LogP contribution < -0.4 is 21.3 Å². The largest absolute Gasteiger partial charge is 0.492 e. The molecule has 0 atom stereocenters. The molecule has 0 unspecified atom stereocenters. The maximum Gasteiger partial charge on any atom is 0.293 e. The van der Waals surface area contributed by atoms with Crippen LogP contribution in [0.2, 0.25) is 0 Å². The number of nitrogens with zero attached hydrogens (tertiary/aromatic N) is 2. The van der Waals surface area contributed by atoms with Gasteiger partial charge < -0.3 is 20.4 Å². The molecule has 0 amide bonds. The Kier molecular flexibility index (Phi) is 4.60. The molecule has 20 heavy (non-hydrogen) atoms. The second-order valence-corrected chi connectivity index (χ2v) is 4.21. The minimum absolute atomic E-state index is 0.123. The van der Waals surface area contributed by atoms with Crippen LogP contribution in [0.4, 0.5) is 11.5 Å². The van der Waals surface area contributed by atoms with Gasteiger partial charge in [-0.2, -0.15) is 0 Å². The van der Waals surface area contributed by atoms with E-state index in [-0.39, 0.29) is 5.56 Å². The summed E-state index contributed by atoms with van der Waals surface area (Å²) in [4.78, 5) is 15.9. The van der Waals surface area contributed by atoms with Gasteiger partial charge in [0.05, 0.1) is 6.54 Å². The Labute approximate surface area is 117 Å². The van der Waals surface area contributed by atoms with Crippen LogP contribution in [-0.4, -0.2) is 22.7 Å². The minimum Gasteiger partial charge on any atom is -0.492 e. The molecule has 0 spiro atoms. The summed E-state index contributed by atoms with van der Waals surface area (Å²) in [5.41, 5.74) is 6.16. The maximum absolute atomic E-state index is 11.9. The van der Waals surface area contributed by atoms with Crippen LogP contribution in [-0.2, 0) is 6.54 Å². The molecule has 0 aliphatic carbocycles. The number of hydrogen-bond donors (Lipinski definition) is 2. The quantitative estimate of drug-likeness (QED) is 0.613. The van der Waals surface area contributed by atoms with E-state index in [0.717, 1.165) is 5.75 Å². The number of nitrogens with two attached hydrogens (primary N) is 1. The highest BCUT2D eigenvalue weighted by Crippen LogP contribution is 2.12. The summed E-state index contributed by atoms with van der Waals surface area (Å²) < 4.78 is 7.12. The number of rotatable bonds is 6. The van der Waals surface area contributed by atoms with Crippen molar-refractivity contribution in [2.45, 2.75) is 13.5 Å².